The van der Waals surface area contributed by atoms with Crippen molar-refractivity contribution in [3.63, 3.8) is 0 Å². The predicted octanol–water partition coefficient (Wildman–Crippen LogP) is 2.73. The van der Waals surface area contributed by atoms with E-state index in [1.165, 1.54) is 6.08 Å². The van der Waals surface area contributed by atoms with E-state index in [2.05, 4.69) is 5.32 Å². The third-order valence-electron chi connectivity index (χ3n) is 2.51. The molecule has 0 bridgehead atoms. The molecule has 1 aromatic carbocycles. The van der Waals surface area contributed by atoms with Gasteiger partial charge in [-0.15, -0.1) is 0 Å². The molecule has 21 heavy (non-hydrogen) atoms. The van der Waals surface area contributed by atoms with Gasteiger partial charge in [-0.1, -0.05) is 17.7 Å². The van der Waals surface area contributed by atoms with Crippen LogP contribution in [-0.2, 0) is 9.59 Å². The SMILES string of the molecule is CC(C)NC(=O)C(C)Oc1cccc(Cl)c1/C=C/C(=O)O. The van der Waals surface area contributed by atoms with Gasteiger partial charge in [-0.25, -0.2) is 4.79 Å². The van der Waals surface area contributed by atoms with Crippen molar-refractivity contribution < 1.29 is 19.4 Å². The van der Waals surface area contributed by atoms with Crippen molar-refractivity contribution in [3.05, 3.63) is 34.9 Å². The summed E-state index contributed by atoms with van der Waals surface area (Å²) in [7, 11) is 0. The lowest BCUT2D eigenvalue weighted by Crippen LogP contribution is -2.40. The fraction of sp³-hybridized carbons (Fsp3) is 0.333. The number of aliphatic carboxylic acids is 1. The number of hydrogen-bond donors (Lipinski definition) is 2. The van der Waals surface area contributed by atoms with Crippen LogP contribution in [0, 0.1) is 0 Å². The minimum atomic E-state index is -1.09. The molecule has 1 unspecified atom stereocenters. The zero-order valence-corrected chi connectivity index (χ0v) is 12.8. The molecule has 0 fully saturated rings. The Morgan fingerprint density at radius 3 is 2.57 bits per heavy atom. The van der Waals surface area contributed by atoms with E-state index < -0.39 is 12.1 Å². The van der Waals surface area contributed by atoms with Crippen molar-refractivity contribution in [2.75, 3.05) is 0 Å². The summed E-state index contributed by atoms with van der Waals surface area (Å²) in [6.45, 7) is 5.32. The molecule has 0 aliphatic heterocycles. The molecule has 1 atom stereocenters. The molecule has 1 amide bonds. The smallest absolute Gasteiger partial charge is 0.328 e. The highest BCUT2D eigenvalue weighted by Gasteiger charge is 2.17. The predicted molar refractivity (Wildman–Crippen MR) is 81.5 cm³/mol. The lowest BCUT2D eigenvalue weighted by atomic mass is 10.2. The first-order valence-corrected chi connectivity index (χ1v) is 6.85. The molecular formula is C15H18ClNO4. The van der Waals surface area contributed by atoms with E-state index in [9.17, 15) is 9.59 Å². The summed E-state index contributed by atoms with van der Waals surface area (Å²) in [6.07, 6.45) is 1.59. The highest BCUT2D eigenvalue weighted by Crippen LogP contribution is 2.28. The molecule has 0 spiro atoms. The number of halogens is 1. The molecule has 0 radical (unpaired) electrons. The van der Waals surface area contributed by atoms with Crippen LogP contribution in [0.3, 0.4) is 0 Å². The average Bonchev–Trinajstić information content (AvgIpc) is 2.36. The number of hydrogen-bond acceptors (Lipinski definition) is 3. The van der Waals surface area contributed by atoms with Gasteiger partial charge in [0.1, 0.15) is 5.75 Å². The first-order valence-electron chi connectivity index (χ1n) is 6.47. The number of carbonyl (C=O) groups excluding carboxylic acids is 1. The van der Waals surface area contributed by atoms with Gasteiger partial charge in [0.15, 0.2) is 6.10 Å². The highest BCUT2D eigenvalue weighted by molar-refractivity contribution is 6.32. The van der Waals surface area contributed by atoms with Crippen molar-refractivity contribution in [2.24, 2.45) is 0 Å². The van der Waals surface area contributed by atoms with E-state index in [0.717, 1.165) is 6.08 Å². The second kappa shape index (κ2) is 7.69. The minimum absolute atomic E-state index is 0.00860. The highest BCUT2D eigenvalue weighted by atomic mass is 35.5. The number of ether oxygens (including phenoxy) is 1. The van der Waals surface area contributed by atoms with Gasteiger partial charge in [-0.05, 0) is 39.0 Å². The average molecular weight is 312 g/mol. The Bertz CT molecular complexity index is 555. The molecule has 5 nitrogen and oxygen atoms in total. The summed E-state index contributed by atoms with van der Waals surface area (Å²) in [5, 5.41) is 11.8. The molecule has 0 aromatic heterocycles. The van der Waals surface area contributed by atoms with Crippen molar-refractivity contribution >= 4 is 29.6 Å². The number of carboxylic acid groups (broad SMARTS) is 1. The zero-order chi connectivity index (χ0) is 16.0. The van der Waals surface area contributed by atoms with E-state index in [1.54, 1.807) is 25.1 Å². The third-order valence-corrected chi connectivity index (χ3v) is 2.84. The maximum absolute atomic E-state index is 11.8. The Labute approximate surface area is 128 Å². The Hall–Kier alpha value is -2.01. The molecule has 1 rings (SSSR count). The van der Waals surface area contributed by atoms with Gasteiger partial charge in [0, 0.05) is 17.7 Å². The normalized spacial score (nSPS) is 12.4. The van der Waals surface area contributed by atoms with Crippen LogP contribution in [0.4, 0.5) is 0 Å². The molecule has 114 valence electrons. The van der Waals surface area contributed by atoms with Gasteiger partial charge in [-0.2, -0.15) is 0 Å². The third kappa shape index (κ3) is 5.47. The van der Waals surface area contributed by atoms with Gasteiger partial charge in [0.2, 0.25) is 0 Å². The monoisotopic (exact) mass is 311 g/mol. The summed E-state index contributed by atoms with van der Waals surface area (Å²) in [6, 6.07) is 4.93. The lowest BCUT2D eigenvalue weighted by Gasteiger charge is -2.18. The van der Waals surface area contributed by atoms with Gasteiger partial charge in [0.05, 0.1) is 5.02 Å². The van der Waals surface area contributed by atoms with E-state index in [4.69, 9.17) is 21.4 Å². The topological polar surface area (TPSA) is 75.6 Å². The van der Waals surface area contributed by atoms with Gasteiger partial charge < -0.3 is 15.2 Å². The van der Waals surface area contributed by atoms with Crippen molar-refractivity contribution in [3.8, 4) is 5.75 Å². The fourth-order valence-electron chi connectivity index (χ4n) is 1.58. The molecule has 0 aliphatic rings. The number of rotatable bonds is 6. The van der Waals surface area contributed by atoms with Crippen LogP contribution < -0.4 is 10.1 Å². The standard InChI is InChI=1S/C15H18ClNO4/c1-9(2)17-15(20)10(3)21-13-6-4-5-12(16)11(13)7-8-14(18)19/h4-10H,1-3H3,(H,17,20)(H,18,19)/b8-7+. The Morgan fingerprint density at radius 2 is 2.00 bits per heavy atom. The van der Waals surface area contributed by atoms with E-state index in [-0.39, 0.29) is 11.9 Å². The minimum Gasteiger partial charge on any atom is -0.480 e. The summed E-state index contributed by atoms with van der Waals surface area (Å²) in [4.78, 5) is 22.5. The van der Waals surface area contributed by atoms with Crippen LogP contribution in [0.1, 0.15) is 26.3 Å². The van der Waals surface area contributed by atoms with E-state index >= 15 is 0 Å². The quantitative estimate of drug-likeness (QED) is 0.792. The summed E-state index contributed by atoms with van der Waals surface area (Å²) in [5.41, 5.74) is 0.422. The molecule has 0 saturated carbocycles. The fourth-order valence-corrected chi connectivity index (χ4v) is 1.81. The number of nitrogens with one attached hydrogen (secondary N) is 1. The largest absolute Gasteiger partial charge is 0.480 e. The number of amides is 1. The second-order valence-electron chi connectivity index (χ2n) is 4.75. The Balaban J connectivity index is 2.95. The number of carbonyl (C=O) groups is 2. The van der Waals surface area contributed by atoms with Crippen molar-refractivity contribution in [1.82, 2.24) is 5.32 Å². The second-order valence-corrected chi connectivity index (χ2v) is 5.15. The van der Waals surface area contributed by atoms with Crippen LogP contribution >= 0.6 is 11.6 Å². The van der Waals surface area contributed by atoms with E-state index in [1.807, 2.05) is 13.8 Å². The van der Waals surface area contributed by atoms with Crippen LogP contribution in [0.15, 0.2) is 24.3 Å². The van der Waals surface area contributed by atoms with Gasteiger partial charge in [0.25, 0.3) is 5.91 Å². The van der Waals surface area contributed by atoms with Crippen molar-refractivity contribution in [1.29, 1.82) is 0 Å². The van der Waals surface area contributed by atoms with Crippen molar-refractivity contribution in [2.45, 2.75) is 32.9 Å². The van der Waals surface area contributed by atoms with Crippen LogP contribution in [0.25, 0.3) is 6.08 Å². The van der Waals surface area contributed by atoms with Crippen LogP contribution in [0.2, 0.25) is 5.02 Å². The summed E-state index contributed by atoms with van der Waals surface area (Å²) >= 11 is 6.04. The molecular weight excluding hydrogens is 294 g/mol. The van der Waals surface area contributed by atoms with Crippen LogP contribution in [0.5, 0.6) is 5.75 Å². The molecule has 0 aliphatic carbocycles. The first kappa shape index (κ1) is 17.0. The Morgan fingerprint density at radius 1 is 1.33 bits per heavy atom. The van der Waals surface area contributed by atoms with Gasteiger partial charge >= 0.3 is 5.97 Å². The molecule has 0 heterocycles. The maximum atomic E-state index is 11.8. The molecule has 2 N–H and O–H groups in total. The first-order chi connectivity index (χ1) is 9.81. The number of carboxylic acids is 1. The summed E-state index contributed by atoms with van der Waals surface area (Å²) < 4.78 is 5.58. The number of benzene rings is 1. The molecule has 1 aromatic rings. The van der Waals surface area contributed by atoms with E-state index in [0.29, 0.717) is 16.3 Å². The zero-order valence-electron chi connectivity index (χ0n) is 12.1. The molecule has 0 saturated heterocycles. The van der Waals surface area contributed by atoms with Gasteiger partial charge in [-0.3, -0.25) is 4.79 Å². The van der Waals surface area contributed by atoms with Crippen LogP contribution in [-0.4, -0.2) is 29.1 Å². The lowest BCUT2D eigenvalue weighted by molar-refractivity contribution is -0.131. The Kier molecular flexibility index (Phi) is 6.24. The summed E-state index contributed by atoms with van der Waals surface area (Å²) in [5.74, 6) is -0.990. The molecule has 6 heteroatoms. The maximum Gasteiger partial charge on any atom is 0.328 e.